The van der Waals surface area contributed by atoms with Crippen LogP contribution in [0.4, 0.5) is 11.6 Å². The number of hydrogen-bond acceptors (Lipinski definition) is 4. The van der Waals surface area contributed by atoms with Crippen molar-refractivity contribution in [2.24, 2.45) is 0 Å². The number of nitrogens with zero attached hydrogens (tertiary/aromatic N) is 3. The smallest absolute Gasteiger partial charge is 0.230 e. The Balaban J connectivity index is 1.25. The van der Waals surface area contributed by atoms with Gasteiger partial charge in [0, 0.05) is 34.9 Å². The van der Waals surface area contributed by atoms with E-state index in [1.807, 2.05) is 55.6 Å². The molecule has 1 aliphatic rings. The van der Waals surface area contributed by atoms with Crippen LogP contribution < -0.4 is 9.64 Å². The molecule has 0 N–H and O–H groups in total. The summed E-state index contributed by atoms with van der Waals surface area (Å²) in [5.74, 6) is 2.33. The van der Waals surface area contributed by atoms with E-state index in [4.69, 9.17) is 14.7 Å². The normalized spacial score (nSPS) is 11.4. The summed E-state index contributed by atoms with van der Waals surface area (Å²) in [4.78, 5) is 12.2. The minimum Gasteiger partial charge on any atom is -0.456 e. The van der Waals surface area contributed by atoms with Crippen molar-refractivity contribution < 1.29 is 4.74 Å². The van der Waals surface area contributed by atoms with Crippen LogP contribution in [0.1, 0.15) is 0 Å². The van der Waals surface area contributed by atoms with E-state index in [1.54, 1.807) is 0 Å². The van der Waals surface area contributed by atoms with Crippen LogP contribution in [0.25, 0.3) is 55.9 Å². The highest BCUT2D eigenvalue weighted by atomic mass is 16.5. The first-order chi connectivity index (χ1) is 22.2. The molecule has 2 heterocycles. The van der Waals surface area contributed by atoms with E-state index >= 15 is 0 Å². The summed E-state index contributed by atoms with van der Waals surface area (Å²) in [6.07, 6.45) is 0. The van der Waals surface area contributed by atoms with E-state index in [0.29, 0.717) is 5.95 Å². The maximum Gasteiger partial charge on any atom is 0.230 e. The third kappa shape index (κ3) is 4.92. The Morgan fingerprint density at radius 2 is 0.933 bits per heavy atom. The van der Waals surface area contributed by atoms with Gasteiger partial charge in [-0.3, -0.25) is 0 Å². The Labute approximate surface area is 262 Å². The number of fused-ring (bicyclic) bond motifs is 5. The van der Waals surface area contributed by atoms with E-state index in [9.17, 15) is 0 Å². The van der Waals surface area contributed by atoms with E-state index in [0.717, 1.165) is 73.1 Å². The number of rotatable bonds is 5. The molecule has 4 nitrogen and oxygen atoms in total. The van der Waals surface area contributed by atoms with Crippen molar-refractivity contribution in [3.63, 3.8) is 0 Å². The fourth-order valence-corrected chi connectivity index (χ4v) is 6.06. The van der Waals surface area contributed by atoms with Crippen molar-refractivity contribution in [2.45, 2.75) is 0 Å². The van der Waals surface area contributed by atoms with Crippen LogP contribution >= 0.6 is 0 Å². The third-order valence-electron chi connectivity index (χ3n) is 8.32. The van der Waals surface area contributed by atoms with Crippen molar-refractivity contribution >= 4 is 11.6 Å². The number of para-hydroxylation sites is 2. The van der Waals surface area contributed by atoms with Crippen molar-refractivity contribution in [1.82, 2.24) is 9.97 Å². The molecule has 0 spiro atoms. The van der Waals surface area contributed by atoms with Crippen LogP contribution in [0.5, 0.6) is 11.5 Å². The monoisotopic (exact) mass is 579 g/mol. The van der Waals surface area contributed by atoms with Gasteiger partial charge >= 0.3 is 0 Å². The quantitative estimate of drug-likeness (QED) is 0.203. The van der Waals surface area contributed by atoms with Crippen molar-refractivity contribution in [1.29, 1.82) is 0 Å². The van der Waals surface area contributed by atoms with E-state index in [1.165, 1.54) is 0 Å². The van der Waals surface area contributed by atoms with Gasteiger partial charge in [0.2, 0.25) is 5.95 Å². The molecule has 0 atom stereocenters. The SMILES string of the molecule is CN(c1nc(-c2ccccc2)cc(-c2ccccc2)n1)c1ccccc1-c1ccc2c(c1)-c1ccccc1-c1ccccc1O2. The minimum absolute atomic E-state index is 0.626. The Hall–Kier alpha value is -6.00. The minimum atomic E-state index is 0.626. The van der Waals surface area contributed by atoms with Gasteiger partial charge in [-0.25, -0.2) is 9.97 Å². The first kappa shape index (κ1) is 26.6. The number of aromatic nitrogens is 2. The molecule has 8 rings (SSSR count). The second-order valence-corrected chi connectivity index (χ2v) is 11.1. The number of anilines is 2. The van der Waals surface area contributed by atoms with Crippen LogP contribution in [0.3, 0.4) is 0 Å². The second kappa shape index (κ2) is 11.3. The molecule has 4 heteroatoms. The van der Waals surface area contributed by atoms with Crippen molar-refractivity contribution in [3.8, 4) is 67.4 Å². The molecule has 6 aromatic carbocycles. The zero-order chi connectivity index (χ0) is 30.2. The number of benzene rings is 6. The first-order valence-electron chi connectivity index (χ1n) is 15.1. The predicted octanol–water partition coefficient (Wildman–Crippen LogP) is 10.7. The average Bonchev–Trinajstić information content (AvgIpc) is 3.26. The molecule has 7 aromatic rings. The highest BCUT2D eigenvalue weighted by molar-refractivity contribution is 5.93. The third-order valence-corrected chi connectivity index (χ3v) is 8.32. The summed E-state index contributed by atoms with van der Waals surface area (Å²) in [6, 6.07) is 54.3. The maximum absolute atomic E-state index is 6.50. The van der Waals surface area contributed by atoms with Crippen LogP contribution in [0, 0.1) is 0 Å². The molecule has 0 amide bonds. The van der Waals surface area contributed by atoms with Gasteiger partial charge in [-0.1, -0.05) is 127 Å². The van der Waals surface area contributed by atoms with Crippen LogP contribution in [-0.4, -0.2) is 17.0 Å². The zero-order valence-electron chi connectivity index (χ0n) is 24.8. The summed E-state index contributed by atoms with van der Waals surface area (Å²) >= 11 is 0. The van der Waals surface area contributed by atoms with Crippen molar-refractivity contribution in [3.05, 3.63) is 158 Å². The fourth-order valence-electron chi connectivity index (χ4n) is 6.06. The van der Waals surface area contributed by atoms with Gasteiger partial charge in [0.25, 0.3) is 0 Å². The molecular formula is C41H29N3O. The van der Waals surface area contributed by atoms with Crippen molar-refractivity contribution in [2.75, 3.05) is 11.9 Å². The fraction of sp³-hybridized carbons (Fsp3) is 0.0244. The largest absolute Gasteiger partial charge is 0.456 e. The predicted molar refractivity (Wildman–Crippen MR) is 184 cm³/mol. The van der Waals surface area contributed by atoms with Gasteiger partial charge in [0.05, 0.1) is 17.1 Å². The first-order valence-corrected chi connectivity index (χ1v) is 15.1. The number of ether oxygens (including phenoxy) is 1. The summed E-state index contributed by atoms with van der Waals surface area (Å²) in [7, 11) is 2.04. The lowest BCUT2D eigenvalue weighted by Gasteiger charge is -2.22. The zero-order valence-corrected chi connectivity index (χ0v) is 24.8. The standard InChI is InChI=1S/C41H29N3O/c1-44(41-42-36(28-14-4-2-5-15-28)27-37(43-41)29-16-6-3-7-17-29)38-22-12-10-18-31(38)30-24-25-40-35(26-30)33-20-9-8-19-32(33)34-21-11-13-23-39(34)45-40/h2-27H,1H3. The lowest BCUT2D eigenvalue weighted by molar-refractivity contribution is 0.488. The summed E-state index contributed by atoms with van der Waals surface area (Å²) in [5, 5.41) is 0. The van der Waals surface area contributed by atoms with E-state index < -0.39 is 0 Å². The van der Waals surface area contributed by atoms with Gasteiger partial charge in [0.1, 0.15) is 11.5 Å². The van der Waals surface area contributed by atoms with Gasteiger partial charge in [-0.2, -0.15) is 0 Å². The molecule has 1 aliphatic heterocycles. The van der Waals surface area contributed by atoms with Crippen LogP contribution in [0.2, 0.25) is 0 Å². The molecular weight excluding hydrogens is 550 g/mol. The Morgan fingerprint density at radius 3 is 1.60 bits per heavy atom. The summed E-state index contributed by atoms with van der Waals surface area (Å²) in [5.41, 5.74) is 11.5. The number of hydrogen-bond donors (Lipinski definition) is 0. The Morgan fingerprint density at radius 1 is 0.422 bits per heavy atom. The van der Waals surface area contributed by atoms with Gasteiger partial charge in [-0.05, 0) is 47.0 Å². The Bertz CT molecular complexity index is 2100. The maximum atomic E-state index is 6.50. The lowest BCUT2D eigenvalue weighted by atomic mass is 9.92. The summed E-state index contributed by atoms with van der Waals surface area (Å²) in [6.45, 7) is 0. The van der Waals surface area contributed by atoms with Crippen LogP contribution in [0.15, 0.2) is 158 Å². The van der Waals surface area contributed by atoms with Gasteiger partial charge in [0.15, 0.2) is 0 Å². The van der Waals surface area contributed by atoms with Crippen LogP contribution in [-0.2, 0) is 0 Å². The topological polar surface area (TPSA) is 38.2 Å². The molecule has 0 radical (unpaired) electrons. The second-order valence-electron chi connectivity index (χ2n) is 11.1. The molecule has 45 heavy (non-hydrogen) atoms. The van der Waals surface area contributed by atoms with Gasteiger partial charge < -0.3 is 9.64 Å². The van der Waals surface area contributed by atoms with E-state index in [2.05, 4.69) is 114 Å². The highest BCUT2D eigenvalue weighted by Gasteiger charge is 2.22. The Kier molecular flexibility index (Phi) is 6.65. The molecule has 0 fully saturated rings. The molecule has 0 saturated carbocycles. The summed E-state index contributed by atoms with van der Waals surface area (Å²) < 4.78 is 6.50. The van der Waals surface area contributed by atoms with E-state index in [-0.39, 0.29) is 0 Å². The lowest BCUT2D eigenvalue weighted by Crippen LogP contribution is -2.15. The average molecular weight is 580 g/mol. The molecule has 0 bridgehead atoms. The molecule has 1 aromatic heterocycles. The molecule has 214 valence electrons. The van der Waals surface area contributed by atoms with Gasteiger partial charge in [-0.15, -0.1) is 0 Å². The highest BCUT2D eigenvalue weighted by Crippen LogP contribution is 2.48. The molecule has 0 aliphatic carbocycles. The molecule has 0 saturated heterocycles. The molecule has 0 unspecified atom stereocenters.